The fourth-order valence-electron chi connectivity index (χ4n) is 4.25. The second-order valence-corrected chi connectivity index (χ2v) is 10.5. The lowest BCUT2D eigenvalue weighted by molar-refractivity contribution is 0.0785. The molecule has 1 aromatic heterocycles. The lowest BCUT2D eigenvalue weighted by Crippen LogP contribution is -2.44. The molecule has 2 aromatic carbocycles. The lowest BCUT2D eigenvalue weighted by atomic mass is 10.1. The van der Waals surface area contributed by atoms with Crippen LogP contribution < -0.4 is 14.9 Å². The predicted molar refractivity (Wildman–Crippen MR) is 138 cm³/mol. The molecule has 0 bridgehead atoms. The monoisotopic (exact) mass is 493 g/mol. The summed E-state index contributed by atoms with van der Waals surface area (Å²) in [5.74, 6) is 0.341. The average Bonchev–Trinajstić information content (AvgIpc) is 2.84. The van der Waals surface area contributed by atoms with Crippen molar-refractivity contribution in [3.8, 4) is 0 Å². The molecular weight excluding hydrogens is 462 g/mol. The molecule has 35 heavy (non-hydrogen) atoms. The molecule has 9 heteroatoms. The van der Waals surface area contributed by atoms with Crippen LogP contribution in [-0.2, 0) is 16.6 Å². The van der Waals surface area contributed by atoms with Crippen LogP contribution in [0.3, 0.4) is 0 Å². The zero-order valence-corrected chi connectivity index (χ0v) is 21.1. The van der Waals surface area contributed by atoms with Crippen LogP contribution in [0, 0.1) is 13.8 Å². The van der Waals surface area contributed by atoms with Crippen LogP contribution >= 0.6 is 0 Å². The number of anilines is 2. The molecule has 1 fully saturated rings. The fourth-order valence-corrected chi connectivity index (χ4v) is 5.51. The van der Waals surface area contributed by atoms with Crippen LogP contribution in [0.5, 0.6) is 0 Å². The summed E-state index contributed by atoms with van der Waals surface area (Å²) in [6, 6.07) is 16.5. The van der Waals surface area contributed by atoms with E-state index in [1.807, 2.05) is 43.3 Å². The molecule has 0 saturated carbocycles. The summed E-state index contributed by atoms with van der Waals surface area (Å²) in [6.45, 7) is 7.11. The predicted octanol–water partition coefficient (Wildman–Crippen LogP) is 3.18. The minimum atomic E-state index is -3.85. The summed E-state index contributed by atoms with van der Waals surface area (Å²) in [5, 5.41) is 3.30. The van der Waals surface area contributed by atoms with Crippen LogP contribution in [0.25, 0.3) is 0 Å². The van der Waals surface area contributed by atoms with Crippen LogP contribution in [-0.4, -0.2) is 57.4 Å². The Bertz CT molecular complexity index is 1310. The van der Waals surface area contributed by atoms with Crippen molar-refractivity contribution in [2.75, 3.05) is 42.8 Å². The van der Waals surface area contributed by atoms with Crippen molar-refractivity contribution in [2.24, 2.45) is 0 Å². The second-order valence-electron chi connectivity index (χ2n) is 8.85. The number of carbonyl (C=O) groups is 1. The second kappa shape index (κ2) is 10.5. The molecule has 0 aliphatic carbocycles. The highest BCUT2D eigenvalue weighted by Gasteiger charge is 2.25. The van der Waals surface area contributed by atoms with Gasteiger partial charge >= 0.3 is 0 Å². The van der Waals surface area contributed by atoms with Crippen molar-refractivity contribution < 1.29 is 13.2 Å². The number of nitrogens with zero attached hydrogens (tertiary/aromatic N) is 3. The molecule has 1 saturated heterocycles. The molecule has 0 spiro atoms. The molecule has 1 aliphatic rings. The zero-order valence-electron chi connectivity index (χ0n) is 20.3. The minimum Gasteiger partial charge on any atom is -0.353 e. The van der Waals surface area contributed by atoms with Gasteiger partial charge in [-0.2, -0.15) is 0 Å². The Morgan fingerprint density at radius 2 is 1.80 bits per heavy atom. The Morgan fingerprint density at radius 1 is 1.09 bits per heavy atom. The van der Waals surface area contributed by atoms with Crippen molar-refractivity contribution >= 4 is 27.4 Å². The number of pyridine rings is 1. The normalized spacial score (nSPS) is 14.0. The Morgan fingerprint density at radius 3 is 2.49 bits per heavy atom. The molecule has 0 unspecified atom stereocenters. The molecule has 0 atom stereocenters. The Hall–Kier alpha value is -3.43. The van der Waals surface area contributed by atoms with Gasteiger partial charge in [0.2, 0.25) is 0 Å². The van der Waals surface area contributed by atoms with Crippen LogP contribution in [0.15, 0.2) is 65.7 Å². The molecule has 1 aliphatic heterocycles. The number of carbonyl (C=O) groups excluding carboxylic acids is 1. The third kappa shape index (κ3) is 5.80. The van der Waals surface area contributed by atoms with E-state index < -0.39 is 10.0 Å². The molecule has 184 valence electrons. The smallest absolute Gasteiger partial charge is 0.262 e. The standard InChI is InChI=1S/C26H31N5O3S/c1-19-9-10-24(20(2)15-19)35(33,34)29-22-16-23(25(28-17-22)31-13-11-27-12-14-31)26(32)30(3)18-21-7-5-4-6-8-21/h4-10,15-17,27,29H,11-14,18H2,1-3H3. The Labute approximate surface area is 207 Å². The first-order chi connectivity index (χ1) is 16.7. The van der Waals surface area contributed by atoms with E-state index in [2.05, 4.69) is 19.9 Å². The largest absolute Gasteiger partial charge is 0.353 e. The molecular formula is C26H31N5O3S. The van der Waals surface area contributed by atoms with Crippen molar-refractivity contribution in [3.05, 3.63) is 83.0 Å². The van der Waals surface area contributed by atoms with E-state index >= 15 is 0 Å². The summed E-state index contributed by atoms with van der Waals surface area (Å²) in [4.78, 5) is 22.0. The molecule has 2 heterocycles. The first-order valence-corrected chi connectivity index (χ1v) is 13.1. The van der Waals surface area contributed by atoms with Crippen LogP contribution in [0.4, 0.5) is 11.5 Å². The highest BCUT2D eigenvalue weighted by atomic mass is 32.2. The van der Waals surface area contributed by atoms with Gasteiger partial charge in [0.25, 0.3) is 15.9 Å². The minimum absolute atomic E-state index is 0.198. The Balaban J connectivity index is 1.67. The number of rotatable bonds is 7. The van der Waals surface area contributed by atoms with Gasteiger partial charge in [0.05, 0.1) is 22.3 Å². The van der Waals surface area contributed by atoms with E-state index in [-0.39, 0.29) is 16.5 Å². The maximum atomic E-state index is 13.6. The van der Waals surface area contributed by atoms with Gasteiger partial charge < -0.3 is 15.1 Å². The van der Waals surface area contributed by atoms with Gasteiger partial charge in [-0.15, -0.1) is 0 Å². The fraction of sp³-hybridized carbons (Fsp3) is 0.308. The number of piperazine rings is 1. The van der Waals surface area contributed by atoms with E-state index in [4.69, 9.17) is 0 Å². The number of hydrogen-bond donors (Lipinski definition) is 2. The van der Waals surface area contributed by atoms with E-state index in [9.17, 15) is 13.2 Å². The van der Waals surface area contributed by atoms with Gasteiger partial charge in [-0.25, -0.2) is 13.4 Å². The quantitative estimate of drug-likeness (QED) is 0.525. The topological polar surface area (TPSA) is 94.6 Å². The number of benzene rings is 2. The summed E-state index contributed by atoms with van der Waals surface area (Å²) < 4.78 is 28.9. The summed E-state index contributed by atoms with van der Waals surface area (Å²) in [7, 11) is -2.11. The number of sulfonamides is 1. The summed E-state index contributed by atoms with van der Waals surface area (Å²) in [5.41, 5.74) is 3.26. The van der Waals surface area contributed by atoms with Gasteiger partial charge in [-0.05, 0) is 37.1 Å². The van der Waals surface area contributed by atoms with E-state index in [1.165, 1.54) is 6.20 Å². The maximum Gasteiger partial charge on any atom is 0.262 e. The molecule has 1 amide bonds. The summed E-state index contributed by atoms with van der Waals surface area (Å²) >= 11 is 0. The number of nitrogens with one attached hydrogen (secondary N) is 2. The van der Waals surface area contributed by atoms with Gasteiger partial charge in [0.15, 0.2) is 0 Å². The Kier molecular flexibility index (Phi) is 7.37. The first kappa shape index (κ1) is 24.7. The third-order valence-electron chi connectivity index (χ3n) is 6.00. The highest BCUT2D eigenvalue weighted by Crippen LogP contribution is 2.26. The van der Waals surface area contributed by atoms with Crippen molar-refractivity contribution in [3.63, 3.8) is 0 Å². The van der Waals surface area contributed by atoms with Crippen molar-refractivity contribution in [1.29, 1.82) is 0 Å². The average molecular weight is 494 g/mol. The number of aryl methyl sites for hydroxylation is 2. The van der Waals surface area contributed by atoms with E-state index in [0.29, 0.717) is 36.6 Å². The van der Waals surface area contributed by atoms with E-state index in [1.54, 1.807) is 37.1 Å². The molecule has 0 radical (unpaired) electrons. The van der Waals surface area contributed by atoms with Gasteiger partial charge in [0.1, 0.15) is 5.82 Å². The number of aromatic nitrogens is 1. The molecule has 4 rings (SSSR count). The molecule has 2 N–H and O–H groups in total. The van der Waals surface area contributed by atoms with Gasteiger partial charge in [0, 0.05) is 39.8 Å². The van der Waals surface area contributed by atoms with Crippen LogP contribution in [0.1, 0.15) is 27.0 Å². The first-order valence-electron chi connectivity index (χ1n) is 11.6. The highest BCUT2D eigenvalue weighted by molar-refractivity contribution is 7.92. The zero-order chi connectivity index (χ0) is 25.0. The van der Waals surface area contributed by atoms with Crippen LogP contribution in [0.2, 0.25) is 0 Å². The molecule has 8 nitrogen and oxygen atoms in total. The van der Waals surface area contributed by atoms with Gasteiger partial charge in [-0.3, -0.25) is 9.52 Å². The number of hydrogen-bond acceptors (Lipinski definition) is 6. The lowest BCUT2D eigenvalue weighted by Gasteiger charge is -2.30. The van der Waals surface area contributed by atoms with Gasteiger partial charge in [-0.1, -0.05) is 48.0 Å². The SMILES string of the molecule is Cc1ccc(S(=O)(=O)Nc2cnc(N3CCNCC3)c(C(=O)N(C)Cc3ccccc3)c2)c(C)c1. The van der Waals surface area contributed by atoms with Crippen molar-refractivity contribution in [2.45, 2.75) is 25.3 Å². The maximum absolute atomic E-state index is 13.6. The molecule has 3 aromatic rings. The van der Waals surface area contributed by atoms with E-state index in [0.717, 1.165) is 24.2 Å². The van der Waals surface area contributed by atoms with Crippen molar-refractivity contribution in [1.82, 2.24) is 15.2 Å². The number of amides is 1. The third-order valence-corrected chi connectivity index (χ3v) is 7.54. The summed E-state index contributed by atoms with van der Waals surface area (Å²) in [6.07, 6.45) is 1.48.